The van der Waals surface area contributed by atoms with Crippen molar-refractivity contribution < 1.29 is 29.3 Å². The molecule has 7 heteroatoms. The van der Waals surface area contributed by atoms with Gasteiger partial charge in [0.1, 0.15) is 11.7 Å². The van der Waals surface area contributed by atoms with E-state index < -0.39 is 18.2 Å². The summed E-state index contributed by atoms with van der Waals surface area (Å²) < 4.78 is 5.12. The average molecular weight is 307 g/mol. The van der Waals surface area contributed by atoms with Crippen molar-refractivity contribution in [2.24, 2.45) is 0 Å². The number of aromatic carboxylic acids is 1. The quantitative estimate of drug-likeness (QED) is 0.633. The van der Waals surface area contributed by atoms with E-state index in [1.165, 1.54) is 13.0 Å². The number of carbonyl (C=O) groups excluding carboxylic acids is 1. The molecule has 0 aliphatic carbocycles. The minimum absolute atomic E-state index is 0.187. The van der Waals surface area contributed by atoms with Gasteiger partial charge in [0.05, 0.1) is 6.10 Å². The van der Waals surface area contributed by atoms with Gasteiger partial charge in [0.2, 0.25) is 11.7 Å². The van der Waals surface area contributed by atoms with E-state index in [1.54, 1.807) is 18.2 Å². The lowest BCUT2D eigenvalue weighted by Crippen LogP contribution is -2.27. The van der Waals surface area contributed by atoms with Crippen LogP contribution in [0.1, 0.15) is 35.6 Å². The van der Waals surface area contributed by atoms with Gasteiger partial charge in [0, 0.05) is 18.9 Å². The van der Waals surface area contributed by atoms with E-state index in [4.69, 9.17) is 9.52 Å². The van der Waals surface area contributed by atoms with Crippen molar-refractivity contribution in [2.75, 3.05) is 6.54 Å². The molecule has 1 aromatic heterocycles. The molecule has 0 bridgehead atoms. The van der Waals surface area contributed by atoms with Gasteiger partial charge < -0.3 is 25.1 Å². The minimum atomic E-state index is -1.17. The summed E-state index contributed by atoms with van der Waals surface area (Å²) in [6.45, 7) is 1.63. The van der Waals surface area contributed by atoms with Crippen LogP contribution in [-0.4, -0.2) is 39.8 Å². The number of furan rings is 1. The molecule has 2 atom stereocenters. The van der Waals surface area contributed by atoms with Crippen LogP contribution in [0.15, 0.2) is 28.7 Å². The van der Waals surface area contributed by atoms with Crippen LogP contribution in [0, 0.1) is 0 Å². The number of rotatable bonds is 6. The fraction of sp³-hybridized carbons (Fsp3) is 0.333. The second-order valence-electron chi connectivity index (χ2n) is 5.00. The number of amides is 1. The van der Waals surface area contributed by atoms with E-state index in [0.29, 0.717) is 16.5 Å². The molecular weight excluding hydrogens is 290 g/mol. The molecule has 0 aliphatic heterocycles. The van der Waals surface area contributed by atoms with Crippen LogP contribution in [0.5, 0.6) is 0 Å². The Labute approximate surface area is 126 Å². The lowest BCUT2D eigenvalue weighted by Gasteiger charge is -2.18. The molecule has 1 aromatic carbocycles. The van der Waals surface area contributed by atoms with Crippen molar-refractivity contribution in [1.29, 1.82) is 0 Å². The number of aliphatic hydroxyl groups is 2. The van der Waals surface area contributed by atoms with Crippen LogP contribution < -0.4 is 5.32 Å². The van der Waals surface area contributed by atoms with Crippen LogP contribution >= 0.6 is 0 Å². The van der Waals surface area contributed by atoms with Crippen molar-refractivity contribution in [2.45, 2.75) is 25.6 Å². The average Bonchev–Trinajstić information content (AvgIpc) is 2.89. The third kappa shape index (κ3) is 3.63. The van der Waals surface area contributed by atoms with Crippen molar-refractivity contribution in [3.8, 4) is 0 Å². The summed E-state index contributed by atoms with van der Waals surface area (Å²) in [7, 11) is 0. The second kappa shape index (κ2) is 6.59. The Morgan fingerprint density at radius 1 is 1.27 bits per heavy atom. The summed E-state index contributed by atoms with van der Waals surface area (Å²) in [6.07, 6.45) is -1.98. The predicted molar refractivity (Wildman–Crippen MR) is 77.4 cm³/mol. The Bertz CT molecular complexity index is 692. The highest BCUT2D eigenvalue weighted by atomic mass is 16.4. The third-order valence-corrected chi connectivity index (χ3v) is 3.27. The number of benzene rings is 1. The Kier molecular flexibility index (Phi) is 4.79. The lowest BCUT2D eigenvalue weighted by molar-refractivity contribution is -0.119. The van der Waals surface area contributed by atoms with Crippen LogP contribution in [0.25, 0.3) is 11.0 Å². The summed E-state index contributed by atoms with van der Waals surface area (Å²) in [5.74, 6) is -1.57. The van der Waals surface area contributed by atoms with Crippen LogP contribution in [-0.2, 0) is 4.79 Å². The molecule has 0 radical (unpaired) electrons. The molecule has 118 valence electrons. The fourth-order valence-corrected chi connectivity index (χ4v) is 2.13. The number of hydrogen-bond acceptors (Lipinski definition) is 5. The van der Waals surface area contributed by atoms with E-state index in [0.717, 1.165) is 0 Å². The first-order valence-corrected chi connectivity index (χ1v) is 6.76. The molecule has 2 rings (SSSR count). The molecule has 0 fully saturated rings. The van der Waals surface area contributed by atoms with E-state index in [1.807, 2.05) is 0 Å². The molecule has 1 heterocycles. The molecule has 7 nitrogen and oxygen atoms in total. The Morgan fingerprint density at radius 3 is 2.64 bits per heavy atom. The summed E-state index contributed by atoms with van der Waals surface area (Å²) >= 11 is 0. The molecule has 0 aliphatic rings. The Hall–Kier alpha value is -2.38. The Morgan fingerprint density at radius 2 is 2.00 bits per heavy atom. The first-order chi connectivity index (χ1) is 10.4. The largest absolute Gasteiger partial charge is 0.475 e. The molecular formula is C15H17NO6. The summed E-state index contributed by atoms with van der Waals surface area (Å²) in [5.41, 5.74) is 0.835. The van der Waals surface area contributed by atoms with Crippen molar-refractivity contribution in [1.82, 2.24) is 5.32 Å². The summed E-state index contributed by atoms with van der Waals surface area (Å²) in [5, 5.41) is 32.0. The molecule has 22 heavy (non-hydrogen) atoms. The topological polar surface area (TPSA) is 120 Å². The highest BCUT2D eigenvalue weighted by Crippen LogP contribution is 2.26. The number of carboxylic acid groups (broad SMARTS) is 1. The lowest BCUT2D eigenvalue weighted by atomic mass is 10.0. The molecule has 0 saturated heterocycles. The van der Waals surface area contributed by atoms with Gasteiger partial charge in [-0.1, -0.05) is 6.07 Å². The van der Waals surface area contributed by atoms with Gasteiger partial charge in [-0.2, -0.15) is 0 Å². The van der Waals surface area contributed by atoms with E-state index in [2.05, 4.69) is 5.32 Å². The molecule has 2 aromatic rings. The van der Waals surface area contributed by atoms with Gasteiger partial charge in [-0.3, -0.25) is 4.79 Å². The summed E-state index contributed by atoms with van der Waals surface area (Å²) in [6, 6.07) is 6.03. The molecule has 4 N–H and O–H groups in total. The number of hydrogen-bond donors (Lipinski definition) is 4. The smallest absolute Gasteiger partial charge is 0.371 e. The maximum Gasteiger partial charge on any atom is 0.371 e. The van der Waals surface area contributed by atoms with Gasteiger partial charge in [-0.25, -0.2) is 4.79 Å². The van der Waals surface area contributed by atoms with Crippen LogP contribution in [0.3, 0.4) is 0 Å². The first-order valence-electron chi connectivity index (χ1n) is 6.76. The van der Waals surface area contributed by atoms with Gasteiger partial charge in [-0.05, 0) is 30.2 Å². The van der Waals surface area contributed by atoms with E-state index in [-0.39, 0.29) is 24.6 Å². The van der Waals surface area contributed by atoms with Gasteiger partial charge in [-0.15, -0.1) is 0 Å². The highest BCUT2D eigenvalue weighted by molar-refractivity contribution is 5.91. The second-order valence-corrected chi connectivity index (χ2v) is 5.00. The third-order valence-electron chi connectivity index (χ3n) is 3.27. The van der Waals surface area contributed by atoms with Gasteiger partial charge in [0.25, 0.3) is 0 Å². The number of carboxylic acids is 1. The maximum absolute atomic E-state index is 10.9. The molecule has 2 unspecified atom stereocenters. The van der Waals surface area contributed by atoms with Crippen molar-refractivity contribution >= 4 is 22.8 Å². The Balaban J connectivity index is 2.11. The van der Waals surface area contributed by atoms with Crippen molar-refractivity contribution in [3.05, 3.63) is 35.6 Å². The van der Waals surface area contributed by atoms with E-state index >= 15 is 0 Å². The van der Waals surface area contributed by atoms with Crippen LogP contribution in [0.2, 0.25) is 0 Å². The number of fused-ring (bicyclic) bond motifs is 1. The normalized spacial score (nSPS) is 13.8. The highest BCUT2D eigenvalue weighted by Gasteiger charge is 2.19. The zero-order valence-electron chi connectivity index (χ0n) is 11.9. The minimum Gasteiger partial charge on any atom is -0.475 e. The zero-order valence-corrected chi connectivity index (χ0v) is 11.9. The first kappa shape index (κ1) is 16.0. The van der Waals surface area contributed by atoms with Gasteiger partial charge in [0.15, 0.2) is 0 Å². The predicted octanol–water partition coefficient (Wildman–Crippen LogP) is 1.05. The fourth-order valence-electron chi connectivity index (χ4n) is 2.13. The number of nitrogens with one attached hydrogen (secondary N) is 1. The van der Waals surface area contributed by atoms with Crippen molar-refractivity contribution in [3.63, 3.8) is 0 Å². The number of aliphatic hydroxyl groups excluding tert-OH is 2. The molecule has 0 spiro atoms. The monoisotopic (exact) mass is 307 g/mol. The zero-order chi connectivity index (χ0) is 16.3. The van der Waals surface area contributed by atoms with Gasteiger partial charge >= 0.3 is 5.97 Å². The summed E-state index contributed by atoms with van der Waals surface area (Å²) in [4.78, 5) is 21.6. The standard InChI is InChI=1S/C15H17NO6/c1-8(17)16-5-4-11(18)14(19)9-2-3-12-10(6-9)7-13(22-12)15(20)21/h2-3,6-7,11,14,18-19H,4-5H2,1H3,(H,16,17)(H,20,21). The van der Waals surface area contributed by atoms with Crippen LogP contribution in [0.4, 0.5) is 0 Å². The molecule has 0 saturated carbocycles. The number of carbonyl (C=O) groups is 2. The SMILES string of the molecule is CC(=O)NCCC(O)C(O)c1ccc2oc(C(=O)O)cc2c1. The molecule has 1 amide bonds. The van der Waals surface area contributed by atoms with E-state index in [9.17, 15) is 19.8 Å². The maximum atomic E-state index is 10.9.